The fraction of sp³-hybridized carbons (Fsp3) is 0.474. The number of nitrogens with two attached hydrogens (primary N) is 1. The van der Waals surface area contributed by atoms with Crippen LogP contribution in [-0.4, -0.2) is 12.6 Å². The maximum Gasteiger partial charge on any atom is 0.120 e. The van der Waals surface area contributed by atoms with Crippen LogP contribution >= 0.6 is 0 Å². The van der Waals surface area contributed by atoms with E-state index in [0.29, 0.717) is 6.10 Å². The van der Waals surface area contributed by atoms with E-state index in [-0.39, 0.29) is 0 Å². The molecule has 0 saturated carbocycles. The lowest BCUT2D eigenvalue weighted by molar-refractivity contribution is 0.174. The zero-order chi connectivity index (χ0) is 14.9. The van der Waals surface area contributed by atoms with Gasteiger partial charge in [-0.05, 0) is 55.1 Å². The van der Waals surface area contributed by atoms with Crippen LogP contribution in [0.1, 0.15) is 45.4 Å². The minimum absolute atomic E-state index is 0.317. The summed E-state index contributed by atoms with van der Waals surface area (Å²) in [6, 6.07) is 14.8. The van der Waals surface area contributed by atoms with Gasteiger partial charge in [-0.1, -0.05) is 50.1 Å². The molecular formula is C19H27NO. The van der Waals surface area contributed by atoms with Crippen molar-refractivity contribution in [1.82, 2.24) is 0 Å². The smallest absolute Gasteiger partial charge is 0.120 e. The van der Waals surface area contributed by atoms with Crippen molar-refractivity contribution in [3.05, 3.63) is 42.5 Å². The van der Waals surface area contributed by atoms with Crippen LogP contribution in [0.4, 0.5) is 0 Å². The number of hydrogen-bond donors (Lipinski definition) is 1. The minimum atomic E-state index is 0.317. The van der Waals surface area contributed by atoms with Crippen molar-refractivity contribution in [3.63, 3.8) is 0 Å². The van der Waals surface area contributed by atoms with Gasteiger partial charge in [0.15, 0.2) is 0 Å². The Labute approximate surface area is 128 Å². The number of hydrogen-bond acceptors (Lipinski definition) is 2. The van der Waals surface area contributed by atoms with Gasteiger partial charge < -0.3 is 10.5 Å². The standard InChI is InChI=1S/C19H27NO/c1-2-3-10-18(11-6-7-14-20)21-19-13-12-16-8-4-5-9-17(16)15-19/h4-5,8-9,12-13,15,18H,2-3,6-7,10-11,14,20H2,1H3. The van der Waals surface area contributed by atoms with E-state index in [1.165, 1.54) is 23.6 Å². The highest BCUT2D eigenvalue weighted by Crippen LogP contribution is 2.23. The van der Waals surface area contributed by atoms with Crippen LogP contribution in [0, 0.1) is 0 Å². The van der Waals surface area contributed by atoms with E-state index in [4.69, 9.17) is 10.5 Å². The average molecular weight is 285 g/mol. The van der Waals surface area contributed by atoms with Gasteiger partial charge in [0.1, 0.15) is 5.75 Å². The number of ether oxygens (including phenoxy) is 1. The summed E-state index contributed by atoms with van der Waals surface area (Å²) in [5.74, 6) is 0.988. The van der Waals surface area contributed by atoms with Crippen molar-refractivity contribution in [2.24, 2.45) is 5.73 Å². The molecule has 1 atom stereocenters. The molecule has 21 heavy (non-hydrogen) atoms. The van der Waals surface area contributed by atoms with E-state index >= 15 is 0 Å². The monoisotopic (exact) mass is 285 g/mol. The van der Waals surface area contributed by atoms with Crippen LogP contribution in [0.25, 0.3) is 10.8 Å². The molecule has 0 aliphatic carbocycles. The van der Waals surface area contributed by atoms with Gasteiger partial charge in [-0.2, -0.15) is 0 Å². The third-order valence-corrected chi connectivity index (χ3v) is 3.88. The molecule has 0 heterocycles. The zero-order valence-electron chi connectivity index (χ0n) is 13.1. The van der Waals surface area contributed by atoms with Gasteiger partial charge in [0.25, 0.3) is 0 Å². The van der Waals surface area contributed by atoms with Crippen molar-refractivity contribution in [2.45, 2.75) is 51.6 Å². The fourth-order valence-electron chi connectivity index (χ4n) is 2.64. The van der Waals surface area contributed by atoms with Crippen molar-refractivity contribution in [3.8, 4) is 5.75 Å². The third-order valence-electron chi connectivity index (χ3n) is 3.88. The summed E-state index contributed by atoms with van der Waals surface area (Å²) < 4.78 is 6.23. The number of benzene rings is 2. The molecule has 0 amide bonds. The summed E-state index contributed by atoms with van der Waals surface area (Å²) in [4.78, 5) is 0. The first-order valence-electron chi connectivity index (χ1n) is 8.19. The first-order valence-corrected chi connectivity index (χ1v) is 8.19. The normalized spacial score (nSPS) is 12.5. The SMILES string of the molecule is CCCCC(CCCCN)Oc1ccc2ccccc2c1. The minimum Gasteiger partial charge on any atom is -0.490 e. The Morgan fingerprint density at radius 2 is 1.71 bits per heavy atom. The van der Waals surface area contributed by atoms with Crippen LogP contribution in [0.5, 0.6) is 5.75 Å². The molecule has 0 fully saturated rings. The van der Waals surface area contributed by atoms with E-state index in [2.05, 4.69) is 49.4 Å². The predicted octanol–water partition coefficient (Wildman–Crippen LogP) is 4.91. The number of unbranched alkanes of at least 4 members (excludes halogenated alkanes) is 2. The first-order chi connectivity index (χ1) is 10.3. The Morgan fingerprint density at radius 1 is 0.952 bits per heavy atom. The average Bonchev–Trinajstić information content (AvgIpc) is 2.52. The van der Waals surface area contributed by atoms with E-state index in [9.17, 15) is 0 Å². The Kier molecular flexibility index (Phi) is 6.55. The number of fused-ring (bicyclic) bond motifs is 1. The third kappa shape index (κ3) is 5.05. The molecule has 2 rings (SSSR count). The summed E-state index contributed by atoms with van der Waals surface area (Å²) in [5, 5.41) is 2.50. The largest absolute Gasteiger partial charge is 0.490 e. The molecular weight excluding hydrogens is 258 g/mol. The molecule has 0 radical (unpaired) electrons. The Morgan fingerprint density at radius 3 is 2.48 bits per heavy atom. The predicted molar refractivity (Wildman–Crippen MR) is 90.8 cm³/mol. The van der Waals surface area contributed by atoms with Gasteiger partial charge >= 0.3 is 0 Å². The summed E-state index contributed by atoms with van der Waals surface area (Å²) in [7, 11) is 0. The lowest BCUT2D eigenvalue weighted by Crippen LogP contribution is -2.17. The van der Waals surface area contributed by atoms with Gasteiger partial charge in [0.05, 0.1) is 6.10 Å². The molecule has 1 unspecified atom stereocenters. The van der Waals surface area contributed by atoms with E-state index in [0.717, 1.165) is 38.0 Å². The van der Waals surface area contributed by atoms with Gasteiger partial charge in [0.2, 0.25) is 0 Å². The molecule has 2 aromatic carbocycles. The maximum atomic E-state index is 6.23. The molecule has 0 aromatic heterocycles. The Hall–Kier alpha value is -1.54. The second-order valence-corrected chi connectivity index (χ2v) is 5.68. The fourth-order valence-corrected chi connectivity index (χ4v) is 2.64. The highest BCUT2D eigenvalue weighted by molar-refractivity contribution is 5.83. The molecule has 0 spiro atoms. The molecule has 2 aromatic rings. The summed E-state index contributed by atoms with van der Waals surface area (Å²) in [5.41, 5.74) is 5.59. The van der Waals surface area contributed by atoms with Gasteiger partial charge in [-0.3, -0.25) is 0 Å². The second-order valence-electron chi connectivity index (χ2n) is 5.68. The van der Waals surface area contributed by atoms with E-state index in [1.807, 2.05) is 0 Å². The molecule has 0 bridgehead atoms. The Bertz CT molecular complexity index is 538. The lowest BCUT2D eigenvalue weighted by atomic mass is 10.1. The molecule has 0 aliphatic rings. The molecule has 114 valence electrons. The summed E-state index contributed by atoms with van der Waals surface area (Å²) >= 11 is 0. The van der Waals surface area contributed by atoms with Crippen molar-refractivity contribution in [2.75, 3.05) is 6.54 Å². The molecule has 2 heteroatoms. The maximum absolute atomic E-state index is 6.23. The molecule has 0 saturated heterocycles. The van der Waals surface area contributed by atoms with E-state index < -0.39 is 0 Å². The first kappa shape index (κ1) is 15.8. The highest BCUT2D eigenvalue weighted by Gasteiger charge is 2.10. The quantitative estimate of drug-likeness (QED) is 0.665. The van der Waals surface area contributed by atoms with Crippen molar-refractivity contribution in [1.29, 1.82) is 0 Å². The van der Waals surface area contributed by atoms with Crippen molar-refractivity contribution < 1.29 is 4.74 Å². The molecule has 2 N–H and O–H groups in total. The topological polar surface area (TPSA) is 35.2 Å². The van der Waals surface area contributed by atoms with Gasteiger partial charge in [-0.15, -0.1) is 0 Å². The van der Waals surface area contributed by atoms with Crippen LogP contribution in [0.2, 0.25) is 0 Å². The van der Waals surface area contributed by atoms with E-state index in [1.54, 1.807) is 0 Å². The Balaban J connectivity index is 2.01. The second kappa shape index (κ2) is 8.68. The lowest BCUT2D eigenvalue weighted by Gasteiger charge is -2.19. The summed E-state index contributed by atoms with van der Waals surface area (Å²) in [6.45, 7) is 3.00. The van der Waals surface area contributed by atoms with Crippen molar-refractivity contribution >= 4 is 10.8 Å². The zero-order valence-corrected chi connectivity index (χ0v) is 13.1. The highest BCUT2D eigenvalue weighted by atomic mass is 16.5. The summed E-state index contributed by atoms with van der Waals surface area (Å²) in [6.07, 6.45) is 7.23. The van der Waals surface area contributed by atoms with Gasteiger partial charge in [-0.25, -0.2) is 0 Å². The molecule has 0 aliphatic heterocycles. The van der Waals surface area contributed by atoms with Gasteiger partial charge in [0, 0.05) is 0 Å². The van der Waals surface area contributed by atoms with Crippen LogP contribution in [-0.2, 0) is 0 Å². The van der Waals surface area contributed by atoms with Crippen LogP contribution < -0.4 is 10.5 Å². The van der Waals surface area contributed by atoms with Crippen LogP contribution in [0.3, 0.4) is 0 Å². The number of rotatable bonds is 9. The van der Waals surface area contributed by atoms with Crippen LogP contribution in [0.15, 0.2) is 42.5 Å². The molecule has 2 nitrogen and oxygen atoms in total.